The quantitative estimate of drug-likeness (QED) is 0.850. The molecule has 2 heterocycles. The smallest absolute Gasteiger partial charge is 0.303 e. The van der Waals surface area contributed by atoms with E-state index in [2.05, 4.69) is 5.10 Å². The van der Waals surface area contributed by atoms with Crippen molar-refractivity contribution in [1.29, 1.82) is 0 Å². The van der Waals surface area contributed by atoms with Crippen LogP contribution < -0.4 is 0 Å². The maximum atomic E-state index is 12.7. The van der Waals surface area contributed by atoms with Gasteiger partial charge in [-0.05, 0) is 56.9 Å². The Balaban J connectivity index is 1.68. The summed E-state index contributed by atoms with van der Waals surface area (Å²) in [6, 6.07) is 7.44. The summed E-state index contributed by atoms with van der Waals surface area (Å²) in [5.74, 6) is -0.519. The van der Waals surface area contributed by atoms with Gasteiger partial charge in [-0.1, -0.05) is 11.6 Å². The number of amides is 1. The number of benzene rings is 1. The molecule has 0 radical (unpaired) electrons. The predicted molar refractivity (Wildman–Crippen MR) is 103 cm³/mol. The minimum atomic E-state index is -0.763. The highest BCUT2D eigenvalue weighted by molar-refractivity contribution is 6.30. The molecule has 0 atom stereocenters. The SMILES string of the molecule is Cc1nn(-c2ccc(Cl)cc2)c(C)c1CC(=O)N1CCC(CC(=O)O)CC1. The van der Waals surface area contributed by atoms with Gasteiger partial charge < -0.3 is 10.0 Å². The van der Waals surface area contributed by atoms with E-state index in [1.807, 2.05) is 47.7 Å². The summed E-state index contributed by atoms with van der Waals surface area (Å²) in [6.07, 6.45) is 2.00. The minimum Gasteiger partial charge on any atom is -0.481 e. The van der Waals surface area contributed by atoms with Crippen LogP contribution in [0.25, 0.3) is 5.69 Å². The third-order valence-electron chi connectivity index (χ3n) is 5.27. The Morgan fingerprint density at radius 3 is 2.41 bits per heavy atom. The van der Waals surface area contributed by atoms with Gasteiger partial charge in [-0.3, -0.25) is 9.59 Å². The van der Waals surface area contributed by atoms with Crippen LogP contribution in [-0.2, 0) is 16.0 Å². The zero-order valence-electron chi connectivity index (χ0n) is 15.6. The molecule has 1 N–H and O–H groups in total. The monoisotopic (exact) mass is 389 g/mol. The van der Waals surface area contributed by atoms with E-state index >= 15 is 0 Å². The second-order valence-electron chi connectivity index (χ2n) is 7.14. The van der Waals surface area contributed by atoms with Crippen LogP contribution in [0.5, 0.6) is 0 Å². The zero-order valence-corrected chi connectivity index (χ0v) is 16.4. The number of carbonyl (C=O) groups is 2. The first-order valence-corrected chi connectivity index (χ1v) is 9.53. The fourth-order valence-electron chi connectivity index (χ4n) is 3.66. The van der Waals surface area contributed by atoms with E-state index in [1.165, 1.54) is 0 Å². The molecule has 1 aromatic carbocycles. The van der Waals surface area contributed by atoms with Crippen molar-refractivity contribution >= 4 is 23.5 Å². The Hall–Kier alpha value is -2.34. The lowest BCUT2D eigenvalue weighted by molar-refractivity contribution is -0.138. The van der Waals surface area contributed by atoms with Crippen molar-refractivity contribution in [2.24, 2.45) is 5.92 Å². The average molecular weight is 390 g/mol. The van der Waals surface area contributed by atoms with Crippen molar-refractivity contribution < 1.29 is 14.7 Å². The maximum Gasteiger partial charge on any atom is 0.303 e. The number of carbonyl (C=O) groups excluding carboxylic acids is 1. The summed E-state index contributed by atoms with van der Waals surface area (Å²) in [5, 5.41) is 14.2. The first kappa shape index (κ1) is 19.4. The molecule has 1 aromatic heterocycles. The van der Waals surface area contributed by atoms with Gasteiger partial charge in [0, 0.05) is 35.8 Å². The van der Waals surface area contributed by atoms with Crippen LogP contribution in [-0.4, -0.2) is 44.8 Å². The third kappa shape index (κ3) is 4.50. The molecule has 0 spiro atoms. The molecular formula is C20H24ClN3O3. The number of rotatable bonds is 5. The van der Waals surface area contributed by atoms with Crippen LogP contribution in [0, 0.1) is 19.8 Å². The number of carboxylic acids is 1. The van der Waals surface area contributed by atoms with E-state index in [0.717, 1.165) is 35.5 Å². The second kappa shape index (κ2) is 8.13. The molecule has 6 nitrogen and oxygen atoms in total. The number of nitrogens with zero attached hydrogens (tertiary/aromatic N) is 3. The molecule has 1 aliphatic rings. The lowest BCUT2D eigenvalue weighted by Gasteiger charge is -2.31. The predicted octanol–water partition coefficient (Wildman–Crippen LogP) is 3.40. The van der Waals surface area contributed by atoms with Gasteiger partial charge >= 0.3 is 5.97 Å². The van der Waals surface area contributed by atoms with Gasteiger partial charge in [0.1, 0.15) is 0 Å². The van der Waals surface area contributed by atoms with E-state index in [4.69, 9.17) is 16.7 Å². The Bertz CT molecular complexity index is 837. The molecule has 0 bridgehead atoms. The van der Waals surface area contributed by atoms with Crippen LogP contribution in [0.2, 0.25) is 5.02 Å². The van der Waals surface area contributed by atoms with Crippen molar-refractivity contribution in [3.05, 3.63) is 46.2 Å². The van der Waals surface area contributed by atoms with Gasteiger partial charge in [-0.2, -0.15) is 5.10 Å². The fourth-order valence-corrected chi connectivity index (χ4v) is 3.79. The molecule has 2 aromatic rings. The molecule has 27 heavy (non-hydrogen) atoms. The molecule has 1 saturated heterocycles. The van der Waals surface area contributed by atoms with Crippen molar-refractivity contribution in [2.75, 3.05) is 13.1 Å². The van der Waals surface area contributed by atoms with E-state index in [0.29, 0.717) is 24.5 Å². The topological polar surface area (TPSA) is 75.4 Å². The van der Waals surface area contributed by atoms with Gasteiger partial charge in [0.05, 0.1) is 17.8 Å². The molecule has 1 amide bonds. The van der Waals surface area contributed by atoms with E-state index in [9.17, 15) is 9.59 Å². The normalized spacial score (nSPS) is 15.1. The zero-order chi connectivity index (χ0) is 19.6. The molecular weight excluding hydrogens is 366 g/mol. The average Bonchev–Trinajstić information content (AvgIpc) is 2.90. The number of halogens is 1. The van der Waals surface area contributed by atoms with E-state index in [-0.39, 0.29) is 18.2 Å². The minimum absolute atomic E-state index is 0.0747. The van der Waals surface area contributed by atoms with Crippen molar-refractivity contribution in [3.63, 3.8) is 0 Å². The summed E-state index contributed by atoms with van der Waals surface area (Å²) >= 11 is 5.96. The maximum absolute atomic E-state index is 12.7. The van der Waals surface area contributed by atoms with Crippen molar-refractivity contribution in [2.45, 2.75) is 39.5 Å². The summed E-state index contributed by atoms with van der Waals surface area (Å²) < 4.78 is 1.84. The van der Waals surface area contributed by atoms with Crippen molar-refractivity contribution in [1.82, 2.24) is 14.7 Å². The largest absolute Gasteiger partial charge is 0.481 e. The highest BCUT2D eigenvalue weighted by Crippen LogP contribution is 2.23. The Morgan fingerprint density at radius 1 is 1.19 bits per heavy atom. The van der Waals surface area contributed by atoms with Gasteiger partial charge in [0.25, 0.3) is 0 Å². The number of likely N-dealkylation sites (tertiary alicyclic amines) is 1. The lowest BCUT2D eigenvalue weighted by Crippen LogP contribution is -2.39. The Morgan fingerprint density at radius 2 is 1.81 bits per heavy atom. The number of piperidine rings is 1. The van der Waals surface area contributed by atoms with Crippen LogP contribution in [0.3, 0.4) is 0 Å². The number of hydrogen-bond donors (Lipinski definition) is 1. The van der Waals surface area contributed by atoms with Gasteiger partial charge in [0.2, 0.25) is 5.91 Å². The van der Waals surface area contributed by atoms with E-state index < -0.39 is 5.97 Å². The molecule has 0 saturated carbocycles. The van der Waals surface area contributed by atoms with Crippen LogP contribution >= 0.6 is 11.6 Å². The Kier molecular flexibility index (Phi) is 5.85. The number of aryl methyl sites for hydroxylation is 1. The standard InChI is InChI=1S/C20H24ClN3O3/c1-13-18(14(2)24(22-13)17-5-3-16(21)4-6-17)12-19(25)23-9-7-15(8-10-23)11-20(26)27/h3-6,15H,7-12H2,1-2H3,(H,26,27). The fraction of sp³-hybridized carbons (Fsp3) is 0.450. The Labute approximate surface area is 163 Å². The molecule has 0 unspecified atom stereocenters. The van der Waals surface area contributed by atoms with Crippen LogP contribution in [0.4, 0.5) is 0 Å². The number of aromatic nitrogens is 2. The van der Waals surface area contributed by atoms with Crippen LogP contribution in [0.15, 0.2) is 24.3 Å². The van der Waals surface area contributed by atoms with Gasteiger partial charge in [-0.25, -0.2) is 4.68 Å². The number of carboxylic acid groups (broad SMARTS) is 1. The number of hydrogen-bond acceptors (Lipinski definition) is 3. The molecule has 7 heteroatoms. The van der Waals surface area contributed by atoms with Crippen molar-refractivity contribution in [3.8, 4) is 5.69 Å². The third-order valence-corrected chi connectivity index (χ3v) is 5.52. The molecule has 3 rings (SSSR count). The second-order valence-corrected chi connectivity index (χ2v) is 7.57. The summed E-state index contributed by atoms with van der Waals surface area (Å²) in [5.41, 5.74) is 3.65. The first-order valence-electron chi connectivity index (χ1n) is 9.15. The molecule has 0 aliphatic carbocycles. The highest BCUT2D eigenvalue weighted by Gasteiger charge is 2.25. The summed E-state index contributed by atoms with van der Waals surface area (Å²) in [4.78, 5) is 25.4. The lowest BCUT2D eigenvalue weighted by atomic mass is 9.93. The van der Waals surface area contributed by atoms with E-state index in [1.54, 1.807) is 0 Å². The molecule has 1 aliphatic heterocycles. The first-order chi connectivity index (χ1) is 12.8. The van der Waals surface area contributed by atoms with Gasteiger partial charge in [0.15, 0.2) is 0 Å². The summed E-state index contributed by atoms with van der Waals surface area (Å²) in [6.45, 7) is 5.14. The number of aliphatic carboxylic acids is 1. The molecule has 1 fully saturated rings. The van der Waals surface area contributed by atoms with Crippen LogP contribution in [0.1, 0.15) is 36.2 Å². The molecule has 144 valence electrons. The summed E-state index contributed by atoms with van der Waals surface area (Å²) in [7, 11) is 0. The highest BCUT2D eigenvalue weighted by atomic mass is 35.5. The van der Waals surface area contributed by atoms with Gasteiger partial charge in [-0.15, -0.1) is 0 Å².